The first-order valence-electron chi connectivity index (χ1n) is 13.5. The highest BCUT2D eigenvalue weighted by atomic mass is 35.5. The predicted molar refractivity (Wildman–Crippen MR) is 155 cm³/mol. The number of imidazole rings is 1. The predicted octanol–water partition coefficient (Wildman–Crippen LogP) is 3.02. The number of hydrogen-bond donors (Lipinski definition) is 4. The quantitative estimate of drug-likeness (QED) is 0.105. The Kier molecular flexibility index (Phi) is 8.71. The summed E-state index contributed by atoms with van der Waals surface area (Å²) in [5.74, 6) is -7.33. The van der Waals surface area contributed by atoms with Crippen molar-refractivity contribution in [1.82, 2.24) is 19.5 Å². The zero-order valence-corrected chi connectivity index (χ0v) is 24.3. The third-order valence-electron chi connectivity index (χ3n) is 7.32. The Labute approximate surface area is 259 Å². The summed E-state index contributed by atoms with van der Waals surface area (Å²) in [5.41, 5.74) is 4.88. The highest BCUT2D eigenvalue weighted by Crippen LogP contribution is 2.40. The molecule has 0 amide bonds. The molecule has 2 aromatic carbocycles. The Morgan fingerprint density at radius 2 is 1.84 bits per heavy atom. The highest BCUT2D eigenvalue weighted by Gasteiger charge is 2.54. The zero-order valence-electron chi connectivity index (χ0n) is 23.6. The fourth-order valence-corrected chi connectivity index (χ4v) is 5.19. The van der Waals surface area contributed by atoms with Gasteiger partial charge in [0.2, 0.25) is 11.1 Å². The molecule has 0 bridgehead atoms. The number of esters is 1. The molecule has 1 aliphatic rings. The Bertz CT molecular complexity index is 1750. The molecule has 5 N–H and O–H groups in total. The largest absolute Gasteiger partial charge is 0.479 e. The number of aliphatic carboxylic acids is 2. The van der Waals surface area contributed by atoms with Gasteiger partial charge in [-0.15, -0.1) is 0 Å². The number of nitrogens with zero attached hydrogens (tertiary/aromatic N) is 4. The van der Waals surface area contributed by atoms with Crippen molar-refractivity contribution in [2.75, 3.05) is 18.9 Å². The first kappa shape index (κ1) is 31.7. The molecule has 0 aliphatic carbocycles. The lowest BCUT2D eigenvalue weighted by Gasteiger charge is -2.28. The number of carboxylic acids is 2. The van der Waals surface area contributed by atoms with Gasteiger partial charge in [-0.25, -0.2) is 23.8 Å². The summed E-state index contributed by atoms with van der Waals surface area (Å²) >= 11 is 5.88. The first-order valence-corrected chi connectivity index (χ1v) is 13.9. The topological polar surface area (TPSA) is 209 Å². The number of alkyl halides is 1. The summed E-state index contributed by atoms with van der Waals surface area (Å²) in [7, 11) is 0. The van der Waals surface area contributed by atoms with Crippen LogP contribution in [0.25, 0.3) is 22.3 Å². The number of aliphatic hydroxyl groups is 1. The third-order valence-corrected chi connectivity index (χ3v) is 7.49. The molecule has 0 radical (unpaired) electrons. The van der Waals surface area contributed by atoms with E-state index in [1.807, 2.05) is 0 Å². The maximum Gasteiger partial charge on any atom is 0.348 e. The van der Waals surface area contributed by atoms with Gasteiger partial charge in [0.25, 0.3) is 5.60 Å². The number of halogens is 2. The summed E-state index contributed by atoms with van der Waals surface area (Å²) in [6.45, 7) is 0.922. The number of nitrogen functional groups attached to an aromatic ring is 1. The highest BCUT2D eigenvalue weighted by molar-refractivity contribution is 6.28. The van der Waals surface area contributed by atoms with E-state index in [2.05, 4.69) is 15.0 Å². The third kappa shape index (κ3) is 6.15. The molecule has 1 fully saturated rings. The van der Waals surface area contributed by atoms with Crippen LogP contribution in [-0.4, -0.2) is 83.5 Å². The van der Waals surface area contributed by atoms with Crippen LogP contribution in [0.2, 0.25) is 5.28 Å². The molecule has 45 heavy (non-hydrogen) atoms. The second-order valence-corrected chi connectivity index (χ2v) is 10.5. The van der Waals surface area contributed by atoms with Gasteiger partial charge in [0, 0.05) is 6.42 Å². The van der Waals surface area contributed by atoms with Gasteiger partial charge >= 0.3 is 17.9 Å². The van der Waals surface area contributed by atoms with Gasteiger partial charge in [-0.1, -0.05) is 42.5 Å². The number of carbonyl (C=O) groups excluding carboxylic acids is 1. The van der Waals surface area contributed by atoms with Gasteiger partial charge in [0.05, 0.1) is 31.5 Å². The van der Waals surface area contributed by atoms with Gasteiger partial charge in [-0.05, 0) is 41.3 Å². The molecule has 5 rings (SSSR count). The molecule has 3 heterocycles. The van der Waals surface area contributed by atoms with Crippen LogP contribution < -0.4 is 5.73 Å². The van der Waals surface area contributed by atoms with Gasteiger partial charge in [-0.2, -0.15) is 9.97 Å². The van der Waals surface area contributed by atoms with Crippen LogP contribution in [-0.2, 0) is 30.2 Å². The molecule has 2 aromatic heterocycles. The molecule has 236 valence electrons. The molecule has 1 saturated heterocycles. The Morgan fingerprint density at radius 1 is 1.16 bits per heavy atom. The van der Waals surface area contributed by atoms with Crippen molar-refractivity contribution in [2.24, 2.45) is 0 Å². The molecule has 1 aliphatic heterocycles. The SMILES string of the molecule is CCOC(=O)c1ccccc1-c1ccc(CC(OC[C@H]2O[C@@H](n3cnc4c(N)nc(Cl)nc43)C[C@@]2(O)F)(C(=O)O)C(=O)O)cc1. The number of rotatable bonds is 11. The van der Waals surface area contributed by atoms with Crippen LogP contribution in [0.3, 0.4) is 0 Å². The van der Waals surface area contributed by atoms with Crippen molar-refractivity contribution in [3.8, 4) is 11.1 Å². The van der Waals surface area contributed by atoms with Crippen LogP contribution in [0, 0.1) is 0 Å². The maximum atomic E-state index is 15.3. The van der Waals surface area contributed by atoms with Crippen molar-refractivity contribution < 1.29 is 48.3 Å². The standard InChI is InChI=1S/C29H27ClFN5O9/c1-2-43-24(37)18-6-4-3-5-17(18)16-9-7-15(8-10-16)11-28(25(38)39,26(40)41)44-13-19-29(31,42)12-20(45-19)36-14-33-21-22(32)34-27(30)35-23(21)36/h3-10,14,19-20,42H,2,11-13H2,1H3,(H,38,39)(H,40,41)(H2,32,34,35)/t19-,20-,29+/m1/s1. The Hall–Kier alpha value is -4.70. The molecule has 3 atom stereocenters. The summed E-state index contributed by atoms with van der Waals surface area (Å²) in [4.78, 5) is 49.0. The molecular formula is C29H27ClFN5O9. The van der Waals surface area contributed by atoms with Crippen molar-refractivity contribution in [2.45, 2.75) is 43.6 Å². The average molecular weight is 644 g/mol. The number of nitrogens with two attached hydrogens (primary N) is 1. The van der Waals surface area contributed by atoms with E-state index in [9.17, 15) is 29.7 Å². The number of ether oxygens (including phenoxy) is 3. The monoisotopic (exact) mass is 643 g/mol. The van der Waals surface area contributed by atoms with E-state index in [1.54, 1.807) is 43.3 Å². The lowest BCUT2D eigenvalue weighted by atomic mass is 9.92. The second kappa shape index (κ2) is 12.4. The van der Waals surface area contributed by atoms with Crippen LogP contribution in [0.15, 0.2) is 54.9 Å². The van der Waals surface area contributed by atoms with Gasteiger partial charge in [0.15, 0.2) is 11.5 Å². The minimum atomic E-state index is -3.06. The van der Waals surface area contributed by atoms with Crippen LogP contribution in [0.1, 0.15) is 35.5 Å². The Balaban J connectivity index is 1.36. The van der Waals surface area contributed by atoms with Crippen LogP contribution in [0.4, 0.5) is 10.2 Å². The van der Waals surface area contributed by atoms with E-state index >= 15 is 4.39 Å². The molecule has 4 aromatic rings. The van der Waals surface area contributed by atoms with E-state index in [-0.39, 0.29) is 34.4 Å². The minimum Gasteiger partial charge on any atom is -0.479 e. The number of fused-ring (bicyclic) bond motifs is 1. The van der Waals surface area contributed by atoms with E-state index in [0.717, 1.165) is 0 Å². The minimum absolute atomic E-state index is 0.0407. The number of hydrogen-bond acceptors (Lipinski definition) is 11. The number of benzene rings is 2. The van der Waals surface area contributed by atoms with Crippen LogP contribution >= 0.6 is 11.6 Å². The Morgan fingerprint density at radius 3 is 2.51 bits per heavy atom. The molecule has 16 heteroatoms. The average Bonchev–Trinajstić information content (AvgIpc) is 3.55. The smallest absolute Gasteiger partial charge is 0.348 e. The van der Waals surface area contributed by atoms with E-state index < -0.39 is 61.1 Å². The van der Waals surface area contributed by atoms with E-state index in [1.165, 1.54) is 23.0 Å². The maximum absolute atomic E-state index is 15.3. The normalized spacial score (nSPS) is 19.9. The van der Waals surface area contributed by atoms with Gasteiger partial charge in [0.1, 0.15) is 17.8 Å². The lowest BCUT2D eigenvalue weighted by Crippen LogP contribution is -2.53. The molecule has 14 nitrogen and oxygen atoms in total. The van der Waals surface area contributed by atoms with Crippen molar-refractivity contribution in [1.29, 1.82) is 0 Å². The first-order chi connectivity index (χ1) is 21.4. The summed E-state index contributed by atoms with van der Waals surface area (Å²) in [5, 5.41) is 30.3. The summed E-state index contributed by atoms with van der Waals surface area (Å²) in [6.07, 6.45) is -3.11. The molecule has 0 unspecified atom stereocenters. The number of anilines is 1. The molecule has 0 saturated carbocycles. The van der Waals surface area contributed by atoms with E-state index in [4.69, 9.17) is 31.5 Å². The second-order valence-electron chi connectivity index (χ2n) is 10.2. The lowest BCUT2D eigenvalue weighted by molar-refractivity contribution is -0.202. The van der Waals surface area contributed by atoms with Crippen molar-refractivity contribution >= 4 is 46.5 Å². The van der Waals surface area contributed by atoms with Crippen molar-refractivity contribution in [3.05, 3.63) is 71.3 Å². The number of carboxylic acid groups (broad SMARTS) is 2. The van der Waals surface area contributed by atoms with Crippen molar-refractivity contribution in [3.63, 3.8) is 0 Å². The molecular weight excluding hydrogens is 617 g/mol. The van der Waals surface area contributed by atoms with E-state index in [0.29, 0.717) is 16.7 Å². The molecule has 0 spiro atoms. The number of carbonyl (C=O) groups is 3. The van der Waals surface area contributed by atoms with Gasteiger partial charge in [-0.3, -0.25) is 4.57 Å². The summed E-state index contributed by atoms with van der Waals surface area (Å²) in [6, 6.07) is 12.9. The summed E-state index contributed by atoms with van der Waals surface area (Å²) < 4.78 is 32.7. The fraction of sp³-hybridized carbons (Fsp3) is 0.310. The fourth-order valence-electron chi connectivity index (χ4n) is 5.02. The van der Waals surface area contributed by atoms with Crippen LogP contribution in [0.5, 0.6) is 0 Å². The number of aromatic nitrogens is 4. The van der Waals surface area contributed by atoms with Gasteiger partial charge < -0.3 is 35.3 Å². The zero-order chi connectivity index (χ0) is 32.5.